The number of carbonyl (C=O) groups is 3. The molecule has 0 bridgehead atoms. The highest BCUT2D eigenvalue weighted by Crippen LogP contribution is 2.17. The van der Waals surface area contributed by atoms with Gasteiger partial charge in [0.1, 0.15) is 13.2 Å². The summed E-state index contributed by atoms with van der Waals surface area (Å²) in [5.74, 6) is -0.877. The maximum absolute atomic E-state index is 13.0. The van der Waals surface area contributed by atoms with Gasteiger partial charge in [0.15, 0.2) is 6.10 Å². The summed E-state index contributed by atoms with van der Waals surface area (Å²) in [6, 6.07) is 0. The van der Waals surface area contributed by atoms with Crippen molar-refractivity contribution in [3.8, 4) is 0 Å². The van der Waals surface area contributed by atoms with Crippen LogP contribution >= 0.6 is 0 Å². The van der Waals surface area contributed by atoms with Crippen LogP contribution in [0.5, 0.6) is 0 Å². The van der Waals surface area contributed by atoms with Crippen LogP contribution in [-0.4, -0.2) is 37.2 Å². The maximum atomic E-state index is 13.0. The molecule has 0 fully saturated rings. The van der Waals surface area contributed by atoms with E-state index in [4.69, 9.17) is 14.2 Å². The summed E-state index contributed by atoms with van der Waals surface area (Å²) in [7, 11) is 0. The van der Waals surface area contributed by atoms with Gasteiger partial charge in [-0.1, -0.05) is 305 Å². The third kappa shape index (κ3) is 67.3. The molecule has 468 valence electrons. The third-order valence-corrected chi connectivity index (χ3v) is 15.4. The minimum absolute atomic E-state index is 0.0806. The van der Waals surface area contributed by atoms with E-state index in [-0.39, 0.29) is 31.1 Å². The van der Waals surface area contributed by atoms with E-state index >= 15 is 0 Å². The van der Waals surface area contributed by atoms with Crippen LogP contribution in [0, 0.1) is 0 Å². The van der Waals surface area contributed by atoms with Crippen molar-refractivity contribution in [2.45, 2.75) is 361 Å². The summed E-state index contributed by atoms with van der Waals surface area (Å²) < 4.78 is 17.0. The van der Waals surface area contributed by atoms with E-state index in [2.05, 4.69) is 106 Å². The lowest BCUT2D eigenvalue weighted by Gasteiger charge is -2.18. The molecule has 0 aliphatic heterocycles. The van der Waals surface area contributed by atoms with Gasteiger partial charge in [0, 0.05) is 19.3 Å². The highest BCUT2D eigenvalue weighted by Gasteiger charge is 2.19. The SMILES string of the molecule is CC/C=C\C/C=C\C/C=C\C/C=C\C/C=C\CCCCCCCCCCCC(=O)OCC(COC(=O)CCCCCCC/C=C\CCCCCCCC)OC(=O)CCCCCCCCCCCCC/C=C\CCCCCCCCCC. The molecular weight excluding hydrogens is 997 g/mol. The Morgan fingerprint density at radius 2 is 0.481 bits per heavy atom. The minimum Gasteiger partial charge on any atom is -0.462 e. The molecule has 0 N–H and O–H groups in total. The molecule has 0 aliphatic rings. The van der Waals surface area contributed by atoms with E-state index < -0.39 is 6.10 Å². The molecule has 0 rings (SSSR count). The third-order valence-electron chi connectivity index (χ3n) is 15.4. The number of allylic oxidation sites excluding steroid dienone is 14. The molecule has 0 amide bonds. The molecule has 6 nitrogen and oxygen atoms in total. The second-order valence-electron chi connectivity index (χ2n) is 23.4. The molecule has 0 radical (unpaired) electrons. The Morgan fingerprint density at radius 1 is 0.259 bits per heavy atom. The van der Waals surface area contributed by atoms with Gasteiger partial charge in [0.25, 0.3) is 0 Å². The molecule has 0 aromatic heterocycles. The van der Waals surface area contributed by atoms with Gasteiger partial charge >= 0.3 is 17.9 Å². The summed E-state index contributed by atoms with van der Waals surface area (Å²) in [4.78, 5) is 38.5. The lowest BCUT2D eigenvalue weighted by atomic mass is 10.0. The van der Waals surface area contributed by atoms with Crippen LogP contribution in [0.4, 0.5) is 0 Å². The quantitative estimate of drug-likeness (QED) is 0.0261. The van der Waals surface area contributed by atoms with Crippen LogP contribution in [0.25, 0.3) is 0 Å². The monoisotopic (exact) mass is 1130 g/mol. The number of unbranched alkanes of at least 4 members (excludes halogenated alkanes) is 39. The standard InChI is InChI=1S/C75H132O6/c1-4-7-10-13-16-19-22-25-28-30-32-34-36-37-39-40-42-44-47-50-53-56-59-62-65-68-74(77)80-71-72(70-79-73(76)67-64-61-58-55-52-49-46-27-24-21-18-15-12-9-6-3)81-75(78)69-66-63-60-57-54-51-48-45-43-41-38-35-33-31-29-26-23-20-17-14-11-8-5-2/h7,10,16,19,25,27-28,31-34,37,39,46,72H,4-6,8-9,11-15,17-18,20-24,26,29-30,35-36,38,40-45,47-71H2,1-3H3/b10-7-,19-16-,28-25-,33-31-,34-32-,39-37-,46-27-. The molecule has 0 saturated carbocycles. The number of esters is 3. The van der Waals surface area contributed by atoms with E-state index in [9.17, 15) is 14.4 Å². The second kappa shape index (κ2) is 69.1. The normalized spacial score (nSPS) is 12.6. The first kappa shape index (κ1) is 77.6. The van der Waals surface area contributed by atoms with Crippen molar-refractivity contribution in [2.75, 3.05) is 13.2 Å². The Bertz CT molecular complexity index is 1530. The molecule has 1 unspecified atom stereocenters. The predicted molar refractivity (Wildman–Crippen MR) is 353 cm³/mol. The van der Waals surface area contributed by atoms with Crippen molar-refractivity contribution in [3.63, 3.8) is 0 Å². The first-order chi connectivity index (χ1) is 40.0. The van der Waals surface area contributed by atoms with E-state index in [1.165, 1.54) is 212 Å². The Hall–Kier alpha value is -3.41. The smallest absolute Gasteiger partial charge is 0.306 e. The van der Waals surface area contributed by atoms with Crippen LogP contribution in [-0.2, 0) is 28.6 Å². The molecule has 6 heteroatoms. The van der Waals surface area contributed by atoms with Crippen LogP contribution in [0.3, 0.4) is 0 Å². The number of carbonyl (C=O) groups excluding carboxylic acids is 3. The van der Waals surface area contributed by atoms with Gasteiger partial charge in [-0.3, -0.25) is 14.4 Å². The van der Waals surface area contributed by atoms with E-state index in [1.54, 1.807) is 0 Å². The summed E-state index contributed by atoms with van der Waals surface area (Å²) in [5, 5.41) is 0. The lowest BCUT2D eigenvalue weighted by Crippen LogP contribution is -2.30. The summed E-state index contributed by atoms with van der Waals surface area (Å²) in [6.45, 7) is 6.56. The maximum Gasteiger partial charge on any atom is 0.306 e. The molecule has 81 heavy (non-hydrogen) atoms. The Morgan fingerprint density at radius 3 is 0.765 bits per heavy atom. The zero-order chi connectivity index (χ0) is 58.5. The van der Waals surface area contributed by atoms with E-state index in [0.717, 1.165) is 103 Å². The van der Waals surface area contributed by atoms with Crippen molar-refractivity contribution < 1.29 is 28.6 Å². The van der Waals surface area contributed by atoms with Crippen LogP contribution in [0.2, 0.25) is 0 Å². The van der Waals surface area contributed by atoms with Crippen molar-refractivity contribution in [1.82, 2.24) is 0 Å². The minimum atomic E-state index is -0.785. The van der Waals surface area contributed by atoms with Crippen LogP contribution < -0.4 is 0 Å². The number of ether oxygens (including phenoxy) is 3. The Labute approximate surface area is 503 Å². The fraction of sp³-hybridized carbons (Fsp3) is 0.773. The number of hydrogen-bond acceptors (Lipinski definition) is 6. The van der Waals surface area contributed by atoms with Gasteiger partial charge in [-0.15, -0.1) is 0 Å². The predicted octanol–water partition coefficient (Wildman–Crippen LogP) is 24.2. The lowest BCUT2D eigenvalue weighted by molar-refractivity contribution is -0.167. The fourth-order valence-corrected chi connectivity index (χ4v) is 10.1. The molecule has 0 aliphatic carbocycles. The molecule has 0 spiro atoms. The zero-order valence-electron chi connectivity index (χ0n) is 53.8. The molecule has 0 saturated heterocycles. The second-order valence-corrected chi connectivity index (χ2v) is 23.4. The Balaban J connectivity index is 4.34. The largest absolute Gasteiger partial charge is 0.462 e. The van der Waals surface area contributed by atoms with Gasteiger partial charge in [-0.05, 0) is 116 Å². The molecule has 0 heterocycles. The average Bonchev–Trinajstić information content (AvgIpc) is 3.47. The molecular formula is C75H132O6. The van der Waals surface area contributed by atoms with Gasteiger partial charge in [0.2, 0.25) is 0 Å². The van der Waals surface area contributed by atoms with Crippen molar-refractivity contribution in [2.24, 2.45) is 0 Å². The van der Waals surface area contributed by atoms with Crippen LogP contribution in [0.15, 0.2) is 85.1 Å². The van der Waals surface area contributed by atoms with Crippen molar-refractivity contribution in [1.29, 1.82) is 0 Å². The first-order valence-electron chi connectivity index (χ1n) is 35.1. The molecule has 0 aromatic carbocycles. The summed E-state index contributed by atoms with van der Waals surface area (Å²) in [6.07, 6.45) is 91.7. The van der Waals surface area contributed by atoms with Crippen molar-refractivity contribution >= 4 is 17.9 Å². The summed E-state index contributed by atoms with van der Waals surface area (Å²) in [5.41, 5.74) is 0. The van der Waals surface area contributed by atoms with Crippen LogP contribution in [0.1, 0.15) is 355 Å². The molecule has 1 atom stereocenters. The van der Waals surface area contributed by atoms with Gasteiger partial charge in [-0.2, -0.15) is 0 Å². The fourth-order valence-electron chi connectivity index (χ4n) is 10.1. The topological polar surface area (TPSA) is 78.9 Å². The first-order valence-corrected chi connectivity index (χ1v) is 35.1. The summed E-state index contributed by atoms with van der Waals surface area (Å²) >= 11 is 0. The number of hydrogen-bond donors (Lipinski definition) is 0. The number of rotatable bonds is 64. The highest BCUT2D eigenvalue weighted by molar-refractivity contribution is 5.71. The van der Waals surface area contributed by atoms with Gasteiger partial charge < -0.3 is 14.2 Å². The average molecular weight is 1130 g/mol. The zero-order valence-corrected chi connectivity index (χ0v) is 53.8. The van der Waals surface area contributed by atoms with Gasteiger partial charge in [-0.25, -0.2) is 0 Å². The highest BCUT2D eigenvalue weighted by atomic mass is 16.6. The van der Waals surface area contributed by atoms with Crippen molar-refractivity contribution in [3.05, 3.63) is 85.1 Å². The Kier molecular flexibility index (Phi) is 66.2. The van der Waals surface area contributed by atoms with Gasteiger partial charge in [0.05, 0.1) is 0 Å². The van der Waals surface area contributed by atoms with E-state index in [0.29, 0.717) is 19.3 Å². The molecule has 0 aromatic rings. The van der Waals surface area contributed by atoms with E-state index in [1.807, 2.05) is 0 Å².